The van der Waals surface area contributed by atoms with Crippen LogP contribution in [0.1, 0.15) is 0 Å². The molecule has 4 nitrogen and oxygen atoms in total. The SMILES string of the molecule is c1ccc(-c2nc(-c3ccc(-n4c5ccccc5c5cc6c(cc54)c4ccccc4n6-c4ccccc4)cc3)[c]3c(n2)-c2cccc[c]2[Ge]3([c]2ccccc2)[c]2ccccc2)cc1. The quantitative estimate of drug-likeness (QED) is 0.156. The first-order chi connectivity index (χ1) is 31.3. The molecule has 5 heteroatoms. The molecular formula is C58H38GeN4. The first-order valence-electron chi connectivity index (χ1n) is 21.6. The average Bonchev–Trinajstić information content (AvgIpc) is 3.98. The first kappa shape index (κ1) is 35.9. The maximum absolute atomic E-state index is 5.62. The molecule has 13 rings (SSSR count). The molecule has 0 radical (unpaired) electrons. The zero-order chi connectivity index (χ0) is 41.5. The number of benzene rings is 9. The summed E-state index contributed by atoms with van der Waals surface area (Å²) in [5.41, 5.74) is 12.4. The van der Waals surface area contributed by atoms with Crippen molar-refractivity contribution in [3.05, 3.63) is 231 Å². The molecule has 1 aliphatic heterocycles. The van der Waals surface area contributed by atoms with Crippen LogP contribution in [-0.4, -0.2) is 32.4 Å². The van der Waals surface area contributed by atoms with Crippen molar-refractivity contribution in [2.45, 2.75) is 0 Å². The van der Waals surface area contributed by atoms with Crippen molar-refractivity contribution >= 4 is 74.5 Å². The first-order valence-corrected chi connectivity index (χ1v) is 25.8. The Morgan fingerprint density at radius 2 is 0.794 bits per heavy atom. The van der Waals surface area contributed by atoms with E-state index in [-0.39, 0.29) is 0 Å². The molecule has 294 valence electrons. The normalized spacial score (nSPS) is 12.9. The molecule has 0 aliphatic carbocycles. The van der Waals surface area contributed by atoms with Gasteiger partial charge in [-0.3, -0.25) is 0 Å². The van der Waals surface area contributed by atoms with E-state index in [9.17, 15) is 0 Å². The van der Waals surface area contributed by atoms with Crippen LogP contribution in [0.4, 0.5) is 0 Å². The fourth-order valence-electron chi connectivity index (χ4n) is 10.6. The fraction of sp³-hybridized carbons (Fsp3) is 0. The summed E-state index contributed by atoms with van der Waals surface area (Å²) in [5.74, 6) is 0.739. The van der Waals surface area contributed by atoms with Gasteiger partial charge in [0.05, 0.1) is 0 Å². The number of aromatic nitrogens is 4. The van der Waals surface area contributed by atoms with Gasteiger partial charge in [0.25, 0.3) is 0 Å². The predicted octanol–water partition coefficient (Wildman–Crippen LogP) is 11.4. The van der Waals surface area contributed by atoms with Gasteiger partial charge in [-0.15, -0.1) is 0 Å². The molecule has 3 aromatic heterocycles. The fourth-order valence-corrected chi connectivity index (χ4v) is 21.6. The molecule has 12 aromatic rings. The second kappa shape index (κ2) is 14.1. The third-order valence-electron chi connectivity index (χ3n) is 13.2. The summed E-state index contributed by atoms with van der Waals surface area (Å²) in [4.78, 5) is 11.1. The van der Waals surface area contributed by atoms with E-state index >= 15 is 0 Å². The van der Waals surface area contributed by atoms with Crippen LogP contribution in [0.5, 0.6) is 0 Å². The molecule has 9 aromatic carbocycles. The minimum atomic E-state index is -3.71. The number of para-hydroxylation sites is 3. The average molecular weight is 864 g/mol. The van der Waals surface area contributed by atoms with Gasteiger partial charge in [-0.2, -0.15) is 0 Å². The van der Waals surface area contributed by atoms with Crippen LogP contribution in [-0.2, 0) is 0 Å². The molecular weight excluding hydrogens is 825 g/mol. The molecule has 1 aliphatic rings. The van der Waals surface area contributed by atoms with E-state index in [0.717, 1.165) is 39.7 Å². The van der Waals surface area contributed by atoms with E-state index < -0.39 is 13.3 Å². The summed E-state index contributed by atoms with van der Waals surface area (Å²) in [6.45, 7) is 0. The Labute approximate surface area is 367 Å². The Morgan fingerprint density at radius 3 is 1.38 bits per heavy atom. The monoisotopic (exact) mass is 864 g/mol. The number of rotatable bonds is 6. The van der Waals surface area contributed by atoms with E-state index in [1.807, 2.05) is 0 Å². The van der Waals surface area contributed by atoms with Crippen molar-refractivity contribution in [1.82, 2.24) is 19.1 Å². The number of hydrogen-bond donors (Lipinski definition) is 0. The summed E-state index contributed by atoms with van der Waals surface area (Å²) in [7, 11) is 0. The molecule has 4 heterocycles. The van der Waals surface area contributed by atoms with Crippen LogP contribution in [0.25, 0.3) is 88.9 Å². The second-order valence-corrected chi connectivity index (χ2v) is 24.2. The Kier molecular flexibility index (Phi) is 8.05. The molecule has 0 amide bonds. The van der Waals surface area contributed by atoms with E-state index in [1.54, 1.807) is 0 Å². The maximum atomic E-state index is 5.62. The predicted molar refractivity (Wildman–Crippen MR) is 264 cm³/mol. The van der Waals surface area contributed by atoms with Crippen LogP contribution in [0.2, 0.25) is 0 Å². The zero-order valence-corrected chi connectivity index (χ0v) is 36.3. The molecule has 0 bridgehead atoms. The van der Waals surface area contributed by atoms with Crippen molar-refractivity contribution in [3.63, 3.8) is 0 Å². The summed E-state index contributed by atoms with van der Waals surface area (Å²) in [6, 6.07) is 84.1. The number of nitrogens with zero attached hydrogens (tertiary/aromatic N) is 4. The molecule has 0 unspecified atom stereocenters. The van der Waals surface area contributed by atoms with Crippen molar-refractivity contribution in [2.75, 3.05) is 0 Å². The van der Waals surface area contributed by atoms with E-state index in [2.05, 4.69) is 240 Å². The standard InChI is InChI=1S/C58H38GeN4/c1-5-19-40(20-6-1)58-60-56(55-57(61-58)47-29-13-16-30-50(47)59(55,41-21-7-2-8-22-41)42-23-9-3-10-24-42)39-33-35-44(36-34-39)63-52-32-18-15-28-46(52)49-37-53-48(38-54(49)63)45-27-14-17-31-51(45)62(53)43-25-11-4-12-26-43/h1-38H. The third-order valence-corrected chi connectivity index (χ3v) is 23.4. The van der Waals surface area contributed by atoms with Gasteiger partial charge >= 0.3 is 315 Å². The van der Waals surface area contributed by atoms with Crippen LogP contribution < -0.4 is 17.6 Å². The number of hydrogen-bond acceptors (Lipinski definition) is 2. The second-order valence-electron chi connectivity index (χ2n) is 16.5. The molecule has 0 N–H and O–H groups in total. The molecule has 0 fully saturated rings. The molecule has 0 spiro atoms. The van der Waals surface area contributed by atoms with Gasteiger partial charge < -0.3 is 0 Å². The van der Waals surface area contributed by atoms with Crippen LogP contribution >= 0.6 is 0 Å². The van der Waals surface area contributed by atoms with Crippen molar-refractivity contribution in [2.24, 2.45) is 0 Å². The van der Waals surface area contributed by atoms with Crippen molar-refractivity contribution < 1.29 is 0 Å². The molecule has 0 saturated heterocycles. The van der Waals surface area contributed by atoms with Crippen molar-refractivity contribution in [3.8, 4) is 45.3 Å². The van der Waals surface area contributed by atoms with Gasteiger partial charge in [0, 0.05) is 5.69 Å². The Hall–Kier alpha value is -7.80. The van der Waals surface area contributed by atoms with Crippen LogP contribution in [0.3, 0.4) is 0 Å². The molecule has 0 atom stereocenters. The Bertz CT molecular complexity index is 3670. The minimum absolute atomic E-state index is 0.739. The van der Waals surface area contributed by atoms with Crippen molar-refractivity contribution in [1.29, 1.82) is 0 Å². The third kappa shape index (κ3) is 5.28. The van der Waals surface area contributed by atoms with Gasteiger partial charge in [0.1, 0.15) is 0 Å². The summed E-state index contributed by atoms with van der Waals surface area (Å²) in [5, 5.41) is 4.93. The van der Waals surface area contributed by atoms with Gasteiger partial charge in [0.15, 0.2) is 0 Å². The van der Waals surface area contributed by atoms with Gasteiger partial charge in [-0.05, 0) is 18.2 Å². The topological polar surface area (TPSA) is 35.6 Å². The van der Waals surface area contributed by atoms with E-state index in [4.69, 9.17) is 9.97 Å². The van der Waals surface area contributed by atoms with Gasteiger partial charge in [-0.1, -0.05) is 30.3 Å². The van der Waals surface area contributed by atoms with Crippen LogP contribution in [0.15, 0.2) is 231 Å². The number of fused-ring (bicyclic) bond motifs is 9. The molecule has 0 saturated carbocycles. The zero-order valence-electron chi connectivity index (χ0n) is 34.2. The summed E-state index contributed by atoms with van der Waals surface area (Å²) in [6.07, 6.45) is 0. The molecule has 63 heavy (non-hydrogen) atoms. The van der Waals surface area contributed by atoms with Gasteiger partial charge in [-0.25, -0.2) is 0 Å². The summed E-state index contributed by atoms with van der Waals surface area (Å²) < 4.78 is 10.3. The Balaban J connectivity index is 1.06. The Morgan fingerprint density at radius 1 is 0.333 bits per heavy atom. The van der Waals surface area contributed by atoms with E-state index in [0.29, 0.717) is 0 Å². The van der Waals surface area contributed by atoms with Crippen LogP contribution in [0, 0.1) is 0 Å². The summed E-state index contributed by atoms with van der Waals surface area (Å²) >= 11 is -3.71. The van der Waals surface area contributed by atoms with Gasteiger partial charge in [0.2, 0.25) is 0 Å². The van der Waals surface area contributed by atoms with E-state index in [1.165, 1.54) is 66.8 Å².